The van der Waals surface area contributed by atoms with Gasteiger partial charge in [-0.3, -0.25) is 4.79 Å². The van der Waals surface area contributed by atoms with Crippen LogP contribution in [-0.4, -0.2) is 25.0 Å². The fraction of sp³-hybridized carbons (Fsp3) is 0.900. The fourth-order valence-corrected chi connectivity index (χ4v) is 2.21. The first kappa shape index (κ1) is 9.00. The van der Waals surface area contributed by atoms with Crippen molar-refractivity contribution in [2.24, 2.45) is 11.8 Å². The van der Waals surface area contributed by atoms with Crippen LogP contribution in [0.3, 0.4) is 0 Å². The molecule has 0 bridgehead atoms. The van der Waals surface area contributed by atoms with Gasteiger partial charge in [0.25, 0.3) is 0 Å². The molecule has 1 saturated heterocycles. The molecule has 2 rings (SSSR count). The number of amides is 1. The van der Waals surface area contributed by atoms with Gasteiger partial charge < -0.3 is 10.6 Å². The average molecular weight is 182 g/mol. The summed E-state index contributed by atoms with van der Waals surface area (Å²) in [6.07, 6.45) is 3.27. The van der Waals surface area contributed by atoms with Crippen molar-refractivity contribution in [3.05, 3.63) is 0 Å². The maximum atomic E-state index is 11.6. The van der Waals surface area contributed by atoms with Gasteiger partial charge in [0, 0.05) is 18.5 Å². The molecular weight excluding hydrogens is 164 g/mol. The van der Waals surface area contributed by atoms with Crippen LogP contribution in [-0.2, 0) is 4.79 Å². The third kappa shape index (κ3) is 2.02. The van der Waals surface area contributed by atoms with Gasteiger partial charge in [0.1, 0.15) is 0 Å². The van der Waals surface area contributed by atoms with Crippen LogP contribution in [0.4, 0.5) is 0 Å². The molecule has 2 aliphatic rings. The quantitative estimate of drug-likeness (QED) is 0.653. The number of carbonyl (C=O) groups excluding carboxylic acids is 1. The third-order valence-electron chi connectivity index (χ3n) is 3.15. The highest BCUT2D eigenvalue weighted by Crippen LogP contribution is 2.33. The first-order valence-corrected chi connectivity index (χ1v) is 5.27. The molecule has 1 unspecified atom stereocenters. The van der Waals surface area contributed by atoms with E-state index in [4.69, 9.17) is 0 Å². The number of hydrogen-bond donors (Lipinski definition) is 2. The zero-order chi connectivity index (χ0) is 9.26. The van der Waals surface area contributed by atoms with Gasteiger partial charge in [-0.1, -0.05) is 6.92 Å². The van der Waals surface area contributed by atoms with Crippen LogP contribution >= 0.6 is 0 Å². The largest absolute Gasteiger partial charge is 0.352 e. The zero-order valence-electron chi connectivity index (χ0n) is 8.18. The average Bonchev–Trinajstić information content (AvgIpc) is 2.51. The first-order valence-electron chi connectivity index (χ1n) is 5.27. The van der Waals surface area contributed by atoms with Crippen molar-refractivity contribution < 1.29 is 4.79 Å². The first-order chi connectivity index (χ1) is 6.25. The Morgan fingerprint density at radius 1 is 1.46 bits per heavy atom. The van der Waals surface area contributed by atoms with Crippen LogP contribution in [0.15, 0.2) is 0 Å². The Hall–Kier alpha value is -0.570. The van der Waals surface area contributed by atoms with Crippen LogP contribution in [0.25, 0.3) is 0 Å². The van der Waals surface area contributed by atoms with E-state index < -0.39 is 0 Å². The van der Waals surface area contributed by atoms with E-state index in [2.05, 4.69) is 17.6 Å². The molecule has 3 heteroatoms. The van der Waals surface area contributed by atoms with Crippen LogP contribution in [0, 0.1) is 11.8 Å². The molecule has 13 heavy (non-hydrogen) atoms. The van der Waals surface area contributed by atoms with Gasteiger partial charge in [-0.25, -0.2) is 0 Å². The predicted octanol–water partition coefficient (Wildman–Crippen LogP) is 0.511. The number of nitrogens with one attached hydrogen (secondary N) is 2. The second-order valence-corrected chi connectivity index (χ2v) is 4.47. The molecule has 1 aliphatic heterocycles. The highest BCUT2D eigenvalue weighted by molar-refractivity contribution is 5.79. The highest BCUT2D eigenvalue weighted by atomic mass is 16.2. The number of carbonyl (C=O) groups is 1. The third-order valence-corrected chi connectivity index (χ3v) is 3.15. The van der Waals surface area contributed by atoms with Crippen molar-refractivity contribution in [2.45, 2.75) is 32.2 Å². The molecule has 1 saturated carbocycles. The summed E-state index contributed by atoms with van der Waals surface area (Å²) in [4.78, 5) is 11.6. The van der Waals surface area contributed by atoms with Gasteiger partial charge in [0.05, 0.1) is 0 Å². The molecule has 0 aromatic heterocycles. The Morgan fingerprint density at radius 2 is 2.23 bits per heavy atom. The van der Waals surface area contributed by atoms with Crippen molar-refractivity contribution in [2.75, 3.05) is 13.1 Å². The van der Waals surface area contributed by atoms with Crippen molar-refractivity contribution >= 4 is 5.91 Å². The van der Waals surface area contributed by atoms with Crippen LogP contribution in [0.2, 0.25) is 0 Å². The lowest BCUT2D eigenvalue weighted by Gasteiger charge is -2.32. The summed E-state index contributed by atoms with van der Waals surface area (Å²) in [5.74, 6) is 1.36. The Labute approximate surface area is 79.3 Å². The standard InChI is InChI=1S/C10H18N2O/c1-7-4-8(5-7)10(13)12-9-2-3-11-6-9/h7-9,11H,2-6H2,1H3,(H,12,13). The molecule has 1 heterocycles. The van der Waals surface area contributed by atoms with Gasteiger partial charge in [-0.15, -0.1) is 0 Å². The molecule has 0 aromatic carbocycles. The van der Waals surface area contributed by atoms with Crippen LogP contribution in [0.1, 0.15) is 26.2 Å². The van der Waals surface area contributed by atoms with E-state index in [0.29, 0.717) is 12.0 Å². The summed E-state index contributed by atoms with van der Waals surface area (Å²) >= 11 is 0. The van der Waals surface area contributed by atoms with Gasteiger partial charge >= 0.3 is 0 Å². The summed E-state index contributed by atoms with van der Waals surface area (Å²) in [6, 6.07) is 0.392. The lowest BCUT2D eigenvalue weighted by Crippen LogP contribution is -2.43. The topological polar surface area (TPSA) is 41.1 Å². The van der Waals surface area contributed by atoms with Gasteiger partial charge in [0.15, 0.2) is 0 Å². The Bertz CT molecular complexity index is 193. The van der Waals surface area contributed by atoms with Crippen molar-refractivity contribution in [1.29, 1.82) is 0 Å². The van der Waals surface area contributed by atoms with E-state index in [-0.39, 0.29) is 5.91 Å². The molecule has 2 N–H and O–H groups in total. The van der Waals surface area contributed by atoms with E-state index in [1.807, 2.05) is 0 Å². The van der Waals surface area contributed by atoms with E-state index in [1.54, 1.807) is 0 Å². The number of rotatable bonds is 2. The molecule has 74 valence electrons. The number of hydrogen-bond acceptors (Lipinski definition) is 2. The molecule has 0 spiro atoms. The van der Waals surface area contributed by atoms with E-state index in [0.717, 1.165) is 38.3 Å². The molecule has 0 radical (unpaired) electrons. The Morgan fingerprint density at radius 3 is 2.77 bits per heavy atom. The smallest absolute Gasteiger partial charge is 0.223 e. The summed E-state index contributed by atoms with van der Waals surface area (Å²) in [5.41, 5.74) is 0. The van der Waals surface area contributed by atoms with Gasteiger partial charge in [-0.2, -0.15) is 0 Å². The second-order valence-electron chi connectivity index (χ2n) is 4.47. The summed E-state index contributed by atoms with van der Waals surface area (Å²) in [6.45, 7) is 4.21. The minimum absolute atomic E-state index is 0.284. The molecule has 1 amide bonds. The van der Waals surface area contributed by atoms with Crippen molar-refractivity contribution in [1.82, 2.24) is 10.6 Å². The lowest BCUT2D eigenvalue weighted by molar-refractivity contribution is -0.129. The second kappa shape index (κ2) is 3.66. The Balaban J connectivity index is 1.72. The maximum absolute atomic E-state index is 11.6. The predicted molar refractivity (Wildman–Crippen MR) is 51.3 cm³/mol. The van der Waals surface area contributed by atoms with E-state index in [1.165, 1.54) is 0 Å². The van der Waals surface area contributed by atoms with Crippen molar-refractivity contribution in [3.8, 4) is 0 Å². The highest BCUT2D eigenvalue weighted by Gasteiger charge is 2.32. The molecule has 3 nitrogen and oxygen atoms in total. The lowest BCUT2D eigenvalue weighted by atomic mass is 9.75. The molecule has 1 atom stereocenters. The van der Waals surface area contributed by atoms with Crippen molar-refractivity contribution in [3.63, 3.8) is 0 Å². The van der Waals surface area contributed by atoms with Crippen LogP contribution < -0.4 is 10.6 Å². The molecule has 1 aliphatic carbocycles. The van der Waals surface area contributed by atoms with Gasteiger partial charge in [-0.05, 0) is 31.7 Å². The summed E-state index contributed by atoms with van der Waals surface area (Å²) < 4.78 is 0. The summed E-state index contributed by atoms with van der Waals surface area (Å²) in [7, 11) is 0. The van der Waals surface area contributed by atoms with E-state index >= 15 is 0 Å². The normalized spacial score (nSPS) is 38.4. The summed E-state index contributed by atoms with van der Waals surface area (Å²) in [5, 5.41) is 6.35. The van der Waals surface area contributed by atoms with Crippen LogP contribution in [0.5, 0.6) is 0 Å². The molecular formula is C10H18N2O. The molecule has 0 aromatic rings. The SMILES string of the molecule is CC1CC(C(=O)NC2CCNC2)C1. The Kier molecular flexibility index (Phi) is 2.54. The van der Waals surface area contributed by atoms with E-state index in [9.17, 15) is 4.79 Å². The minimum atomic E-state index is 0.284. The minimum Gasteiger partial charge on any atom is -0.352 e. The monoisotopic (exact) mass is 182 g/mol. The fourth-order valence-electron chi connectivity index (χ4n) is 2.21. The zero-order valence-corrected chi connectivity index (χ0v) is 8.18. The maximum Gasteiger partial charge on any atom is 0.223 e. The molecule has 2 fully saturated rings. The van der Waals surface area contributed by atoms with Gasteiger partial charge in [0.2, 0.25) is 5.91 Å².